The van der Waals surface area contributed by atoms with E-state index in [-0.39, 0.29) is 23.5 Å². The maximum absolute atomic E-state index is 11.7. The molecular formula is C21H22N4O5. The fraction of sp³-hybridized carbons (Fsp3) is 0.381. The van der Waals surface area contributed by atoms with Gasteiger partial charge in [-0.15, -0.1) is 0 Å². The number of nitrogens with zero attached hydrogens (tertiary/aromatic N) is 3. The van der Waals surface area contributed by atoms with Gasteiger partial charge in [-0.1, -0.05) is 24.0 Å². The highest BCUT2D eigenvalue weighted by Crippen LogP contribution is 2.26. The van der Waals surface area contributed by atoms with E-state index in [1.165, 1.54) is 6.07 Å². The lowest BCUT2D eigenvalue weighted by Gasteiger charge is -2.26. The zero-order chi connectivity index (χ0) is 21.3. The van der Waals surface area contributed by atoms with Crippen LogP contribution in [-0.4, -0.2) is 75.7 Å². The molecule has 2 unspecified atom stereocenters. The molecule has 30 heavy (non-hydrogen) atoms. The van der Waals surface area contributed by atoms with Crippen LogP contribution in [0, 0.1) is 11.8 Å². The summed E-state index contributed by atoms with van der Waals surface area (Å²) in [4.78, 5) is 21.9. The first-order valence-electron chi connectivity index (χ1n) is 9.52. The quantitative estimate of drug-likeness (QED) is 0.589. The van der Waals surface area contributed by atoms with Crippen molar-refractivity contribution < 1.29 is 24.5 Å². The lowest BCUT2D eigenvalue weighted by molar-refractivity contribution is -0.0813. The highest BCUT2D eigenvalue weighted by molar-refractivity contribution is 5.91. The summed E-state index contributed by atoms with van der Waals surface area (Å²) >= 11 is 0. The Morgan fingerprint density at radius 1 is 1.37 bits per heavy atom. The van der Waals surface area contributed by atoms with Gasteiger partial charge in [-0.05, 0) is 19.2 Å². The van der Waals surface area contributed by atoms with Crippen molar-refractivity contribution in [2.24, 2.45) is 5.73 Å². The van der Waals surface area contributed by atoms with Crippen LogP contribution < -0.4 is 10.5 Å². The van der Waals surface area contributed by atoms with Gasteiger partial charge in [0.2, 0.25) is 5.88 Å². The number of ether oxygens (including phenoxy) is 2. The third-order valence-corrected chi connectivity index (χ3v) is 5.08. The van der Waals surface area contributed by atoms with Gasteiger partial charge < -0.3 is 25.4 Å². The number of primary amides is 1. The van der Waals surface area contributed by atoms with Crippen LogP contribution >= 0.6 is 0 Å². The van der Waals surface area contributed by atoms with E-state index in [9.17, 15) is 15.0 Å². The number of carbonyl (C=O) groups excluding carboxylic acids is 1. The highest BCUT2D eigenvalue weighted by atomic mass is 16.6. The molecule has 2 aliphatic heterocycles. The van der Waals surface area contributed by atoms with E-state index in [0.29, 0.717) is 37.3 Å². The second-order valence-electron chi connectivity index (χ2n) is 7.42. The fourth-order valence-electron chi connectivity index (χ4n) is 3.20. The van der Waals surface area contributed by atoms with Crippen molar-refractivity contribution in [1.82, 2.24) is 14.9 Å². The molecule has 1 aromatic heterocycles. The normalized spacial score (nSPS) is 24.0. The molecule has 0 spiro atoms. The van der Waals surface area contributed by atoms with Crippen molar-refractivity contribution in [3.8, 4) is 29.1 Å². The maximum atomic E-state index is 11.7. The van der Waals surface area contributed by atoms with Gasteiger partial charge in [0.1, 0.15) is 18.0 Å². The molecule has 2 aromatic rings. The Morgan fingerprint density at radius 2 is 2.17 bits per heavy atom. The Balaban J connectivity index is 1.64. The summed E-state index contributed by atoms with van der Waals surface area (Å²) in [6.07, 6.45) is -0.812. The van der Waals surface area contributed by atoms with Crippen LogP contribution in [0.1, 0.15) is 22.5 Å². The van der Waals surface area contributed by atoms with E-state index in [1.807, 2.05) is 0 Å². The molecule has 4 rings (SSSR count). The summed E-state index contributed by atoms with van der Waals surface area (Å²) in [5.74, 6) is 5.50. The molecule has 0 saturated carbocycles. The summed E-state index contributed by atoms with van der Waals surface area (Å²) in [5, 5.41) is 20.7. The van der Waals surface area contributed by atoms with Crippen molar-refractivity contribution in [1.29, 1.82) is 0 Å². The Kier molecular flexibility index (Phi) is 5.40. The van der Waals surface area contributed by atoms with Gasteiger partial charge >= 0.3 is 0 Å². The van der Waals surface area contributed by atoms with Gasteiger partial charge in [0.05, 0.1) is 13.2 Å². The summed E-state index contributed by atoms with van der Waals surface area (Å²) in [7, 11) is 1.73. The lowest BCUT2D eigenvalue weighted by Crippen LogP contribution is -2.42. The Labute approximate surface area is 173 Å². The first-order valence-corrected chi connectivity index (χ1v) is 9.52. The average molecular weight is 410 g/mol. The van der Waals surface area contributed by atoms with E-state index >= 15 is 0 Å². The van der Waals surface area contributed by atoms with Crippen molar-refractivity contribution in [3.63, 3.8) is 0 Å². The Morgan fingerprint density at radius 3 is 2.80 bits per heavy atom. The molecule has 2 fully saturated rings. The highest BCUT2D eigenvalue weighted by Gasteiger charge is 2.42. The van der Waals surface area contributed by atoms with Crippen LogP contribution in [0.25, 0.3) is 11.4 Å². The van der Waals surface area contributed by atoms with Crippen LogP contribution in [0.3, 0.4) is 0 Å². The minimum atomic E-state index is -1.49. The predicted octanol–water partition coefficient (Wildman–Crippen LogP) is -0.243. The monoisotopic (exact) mass is 410 g/mol. The zero-order valence-corrected chi connectivity index (χ0v) is 16.4. The van der Waals surface area contributed by atoms with E-state index in [1.54, 1.807) is 36.2 Å². The lowest BCUT2D eigenvalue weighted by atomic mass is 10.0. The van der Waals surface area contributed by atoms with Crippen LogP contribution in [-0.2, 0) is 4.74 Å². The van der Waals surface area contributed by atoms with E-state index in [2.05, 4.69) is 21.8 Å². The number of hydrogen-bond acceptors (Lipinski definition) is 8. The molecule has 1 aromatic carbocycles. The minimum Gasteiger partial charge on any atom is -0.469 e. The van der Waals surface area contributed by atoms with Gasteiger partial charge in [0.15, 0.2) is 11.4 Å². The second-order valence-corrected chi connectivity index (χ2v) is 7.42. The number of rotatable bonds is 4. The van der Waals surface area contributed by atoms with Crippen LogP contribution in [0.2, 0.25) is 0 Å². The van der Waals surface area contributed by atoms with E-state index < -0.39 is 17.7 Å². The van der Waals surface area contributed by atoms with Crippen LogP contribution in [0.15, 0.2) is 30.3 Å². The largest absolute Gasteiger partial charge is 0.469 e. The second kappa shape index (κ2) is 8.01. The predicted molar refractivity (Wildman–Crippen MR) is 106 cm³/mol. The molecule has 2 atom stereocenters. The third-order valence-electron chi connectivity index (χ3n) is 5.08. The SMILES string of the molecule is CN1CCC(O)(C#Cc2cccc(-c3nc(OC4COC4)cc(C(N)=O)n3)c2)C1O. The number of carbonyl (C=O) groups is 1. The number of amides is 1. The molecule has 156 valence electrons. The topological polar surface area (TPSA) is 131 Å². The van der Waals surface area contributed by atoms with Gasteiger partial charge in [-0.2, -0.15) is 4.98 Å². The molecule has 4 N–H and O–H groups in total. The van der Waals surface area contributed by atoms with Crippen molar-refractivity contribution in [2.45, 2.75) is 24.4 Å². The Hall–Kier alpha value is -3.03. The van der Waals surface area contributed by atoms with Gasteiger partial charge in [-0.25, -0.2) is 4.98 Å². The number of aromatic nitrogens is 2. The smallest absolute Gasteiger partial charge is 0.267 e. The average Bonchev–Trinajstić information content (AvgIpc) is 2.97. The van der Waals surface area contributed by atoms with Crippen molar-refractivity contribution in [2.75, 3.05) is 26.8 Å². The molecule has 9 nitrogen and oxygen atoms in total. The number of aliphatic hydroxyl groups is 2. The van der Waals surface area contributed by atoms with Gasteiger partial charge in [0.25, 0.3) is 5.91 Å². The summed E-state index contributed by atoms with van der Waals surface area (Å²) < 4.78 is 10.8. The number of likely N-dealkylation sites (N-methyl/N-ethyl adjacent to an activating group) is 1. The number of likely N-dealkylation sites (tertiary alicyclic amines) is 1. The van der Waals surface area contributed by atoms with Crippen LogP contribution in [0.4, 0.5) is 0 Å². The number of hydrogen-bond donors (Lipinski definition) is 3. The first-order chi connectivity index (χ1) is 14.3. The fourth-order valence-corrected chi connectivity index (χ4v) is 3.20. The minimum absolute atomic E-state index is 0.0400. The first kappa shape index (κ1) is 20.3. The van der Waals surface area contributed by atoms with E-state index in [4.69, 9.17) is 15.2 Å². The molecule has 2 saturated heterocycles. The summed E-state index contributed by atoms with van der Waals surface area (Å²) in [6.45, 7) is 1.47. The molecular weight excluding hydrogens is 388 g/mol. The molecule has 0 aliphatic carbocycles. The van der Waals surface area contributed by atoms with Crippen molar-refractivity contribution in [3.05, 3.63) is 41.6 Å². The molecule has 9 heteroatoms. The van der Waals surface area contributed by atoms with Gasteiger partial charge in [0, 0.05) is 30.2 Å². The summed E-state index contributed by atoms with van der Waals surface area (Å²) in [5.41, 5.74) is 5.17. The molecule has 0 radical (unpaired) electrons. The van der Waals surface area contributed by atoms with E-state index in [0.717, 1.165) is 0 Å². The van der Waals surface area contributed by atoms with Crippen LogP contribution in [0.5, 0.6) is 5.88 Å². The standard InChI is InChI=1S/C21H22N4O5/c1-25-8-7-21(28,20(25)27)6-5-13-3-2-4-14(9-13)19-23-16(18(22)26)10-17(24-19)30-15-11-29-12-15/h2-4,9-10,15,20,27-28H,7-8,11-12H2,1H3,(H2,22,26). The molecule has 3 heterocycles. The zero-order valence-electron chi connectivity index (χ0n) is 16.4. The summed E-state index contributed by atoms with van der Waals surface area (Å²) in [6, 6.07) is 8.45. The molecule has 1 amide bonds. The number of nitrogens with two attached hydrogens (primary N) is 1. The Bertz CT molecular complexity index is 1030. The number of aliphatic hydroxyl groups excluding tert-OH is 1. The van der Waals surface area contributed by atoms with Crippen molar-refractivity contribution >= 4 is 5.91 Å². The molecule has 2 aliphatic rings. The van der Waals surface area contributed by atoms with Gasteiger partial charge in [-0.3, -0.25) is 9.69 Å². The molecule has 0 bridgehead atoms. The maximum Gasteiger partial charge on any atom is 0.267 e. The number of benzene rings is 1. The third kappa shape index (κ3) is 4.13.